The number of carbonyl (C=O) groups excluding carboxylic acids is 1. The summed E-state index contributed by atoms with van der Waals surface area (Å²) in [4.78, 5) is 31.3. The van der Waals surface area contributed by atoms with E-state index in [0.717, 1.165) is 49.3 Å². The molecule has 1 unspecified atom stereocenters. The molecule has 0 bridgehead atoms. The molecule has 34 heavy (non-hydrogen) atoms. The van der Waals surface area contributed by atoms with E-state index in [1.165, 1.54) is 0 Å². The molecule has 178 valence electrons. The van der Waals surface area contributed by atoms with Crippen LogP contribution in [-0.4, -0.2) is 61.7 Å². The van der Waals surface area contributed by atoms with Gasteiger partial charge in [-0.15, -0.1) is 0 Å². The molecule has 8 heteroatoms. The second-order valence-electron chi connectivity index (χ2n) is 8.53. The molecule has 0 radical (unpaired) electrons. The molecule has 0 N–H and O–H groups in total. The van der Waals surface area contributed by atoms with Crippen molar-refractivity contribution in [1.82, 2.24) is 9.80 Å². The number of rotatable bonds is 7. The van der Waals surface area contributed by atoms with Crippen molar-refractivity contribution >= 4 is 32.8 Å². The van der Waals surface area contributed by atoms with Gasteiger partial charge >= 0.3 is 0 Å². The average Bonchev–Trinajstić information content (AvgIpc) is 3.13. The zero-order chi connectivity index (χ0) is 23.7. The maximum atomic E-state index is 13.7. The highest BCUT2D eigenvalue weighted by Gasteiger charge is 2.42. The molecule has 3 aromatic rings. The highest BCUT2D eigenvalue weighted by molar-refractivity contribution is 9.10. The Kier molecular flexibility index (Phi) is 6.72. The summed E-state index contributed by atoms with van der Waals surface area (Å²) < 4.78 is 18.0. The molecule has 1 amide bonds. The number of halogens is 1. The number of morpholine rings is 1. The molecule has 1 aromatic heterocycles. The Labute approximate surface area is 206 Å². The number of nitrogens with zero attached hydrogens (tertiary/aromatic N) is 2. The van der Waals surface area contributed by atoms with Gasteiger partial charge in [0.05, 0.1) is 36.8 Å². The largest absolute Gasteiger partial charge is 0.494 e. The smallest absolute Gasteiger partial charge is 0.290 e. The van der Waals surface area contributed by atoms with E-state index >= 15 is 0 Å². The Morgan fingerprint density at radius 1 is 1.09 bits per heavy atom. The van der Waals surface area contributed by atoms with Crippen molar-refractivity contribution in [1.29, 1.82) is 0 Å². The maximum absolute atomic E-state index is 13.7. The Balaban J connectivity index is 1.54. The summed E-state index contributed by atoms with van der Waals surface area (Å²) in [6, 6.07) is 12.4. The predicted octanol–water partition coefficient (Wildman–Crippen LogP) is 4.22. The van der Waals surface area contributed by atoms with Crippen molar-refractivity contribution in [2.45, 2.75) is 19.4 Å². The van der Waals surface area contributed by atoms with Gasteiger partial charge in [-0.1, -0.05) is 28.1 Å². The van der Waals surface area contributed by atoms with E-state index in [0.29, 0.717) is 35.4 Å². The van der Waals surface area contributed by atoms with Gasteiger partial charge < -0.3 is 18.8 Å². The Bertz CT molecular complexity index is 1270. The summed E-state index contributed by atoms with van der Waals surface area (Å²) in [5.41, 5.74) is 1.48. The van der Waals surface area contributed by atoms with E-state index in [4.69, 9.17) is 13.9 Å². The van der Waals surface area contributed by atoms with Crippen LogP contribution < -0.4 is 10.2 Å². The van der Waals surface area contributed by atoms with Crippen molar-refractivity contribution in [2.24, 2.45) is 0 Å². The zero-order valence-corrected chi connectivity index (χ0v) is 20.7. The molecule has 5 rings (SSSR count). The number of ether oxygens (including phenoxy) is 2. The lowest BCUT2D eigenvalue weighted by molar-refractivity contribution is 0.0353. The minimum atomic E-state index is -0.521. The summed E-state index contributed by atoms with van der Waals surface area (Å²) in [6.07, 6.45) is 0.792. The van der Waals surface area contributed by atoms with Crippen molar-refractivity contribution in [2.75, 3.05) is 46.0 Å². The van der Waals surface area contributed by atoms with Gasteiger partial charge in [0.15, 0.2) is 5.43 Å². The average molecular weight is 527 g/mol. The van der Waals surface area contributed by atoms with Crippen LogP contribution in [0.15, 0.2) is 56.1 Å². The molecule has 0 aliphatic carbocycles. The quantitative estimate of drug-likeness (QED) is 0.458. The topological polar surface area (TPSA) is 72.2 Å². The van der Waals surface area contributed by atoms with E-state index in [1.807, 2.05) is 31.2 Å². The molecular formula is C26H27BrN2O5. The number of amides is 1. The lowest BCUT2D eigenvalue weighted by Gasteiger charge is -2.29. The van der Waals surface area contributed by atoms with Gasteiger partial charge in [0.2, 0.25) is 5.76 Å². The highest BCUT2D eigenvalue weighted by atomic mass is 79.9. The van der Waals surface area contributed by atoms with Gasteiger partial charge in [-0.05, 0) is 49.2 Å². The molecule has 3 heterocycles. The van der Waals surface area contributed by atoms with Crippen LogP contribution in [0.2, 0.25) is 0 Å². The Morgan fingerprint density at radius 3 is 2.71 bits per heavy atom. The fourth-order valence-corrected chi connectivity index (χ4v) is 5.16. The molecule has 0 saturated carbocycles. The third kappa shape index (κ3) is 4.37. The minimum Gasteiger partial charge on any atom is -0.494 e. The first-order chi connectivity index (χ1) is 16.6. The minimum absolute atomic E-state index is 0.137. The van der Waals surface area contributed by atoms with Crippen LogP contribution in [0.25, 0.3) is 11.0 Å². The Hall–Kier alpha value is -2.68. The number of benzene rings is 2. The predicted molar refractivity (Wildman–Crippen MR) is 133 cm³/mol. The number of hydrogen-bond acceptors (Lipinski definition) is 6. The van der Waals surface area contributed by atoms with E-state index in [1.54, 1.807) is 23.1 Å². The number of hydrogen-bond donors (Lipinski definition) is 0. The summed E-state index contributed by atoms with van der Waals surface area (Å²) in [6.45, 7) is 7.12. The van der Waals surface area contributed by atoms with E-state index in [9.17, 15) is 9.59 Å². The second kappa shape index (κ2) is 9.90. The summed E-state index contributed by atoms with van der Waals surface area (Å²) >= 11 is 3.44. The first kappa shape index (κ1) is 23.1. The monoisotopic (exact) mass is 526 g/mol. The molecule has 2 aliphatic heterocycles. The van der Waals surface area contributed by atoms with Gasteiger partial charge in [-0.2, -0.15) is 0 Å². The van der Waals surface area contributed by atoms with Crippen LogP contribution >= 0.6 is 15.9 Å². The Morgan fingerprint density at radius 2 is 1.91 bits per heavy atom. The van der Waals surface area contributed by atoms with Crippen LogP contribution in [-0.2, 0) is 4.74 Å². The van der Waals surface area contributed by atoms with Crippen molar-refractivity contribution < 1.29 is 18.7 Å². The molecule has 2 aromatic carbocycles. The summed E-state index contributed by atoms with van der Waals surface area (Å²) in [7, 11) is 0. The van der Waals surface area contributed by atoms with Gasteiger partial charge in [-0.25, -0.2) is 0 Å². The van der Waals surface area contributed by atoms with Crippen LogP contribution in [0.4, 0.5) is 0 Å². The molecule has 2 aliphatic rings. The van der Waals surface area contributed by atoms with Crippen LogP contribution in [0.3, 0.4) is 0 Å². The van der Waals surface area contributed by atoms with Crippen molar-refractivity contribution in [3.8, 4) is 5.75 Å². The SMILES string of the molecule is CCOc1cccc(C2c3c(oc4ccc(Br)cc4c3=O)C(=O)N2CCCN2CCOCC2)c1. The molecule has 0 spiro atoms. The molecule has 7 nitrogen and oxygen atoms in total. The lowest BCUT2D eigenvalue weighted by Crippen LogP contribution is -2.38. The lowest BCUT2D eigenvalue weighted by atomic mass is 9.98. The van der Waals surface area contributed by atoms with Crippen LogP contribution in [0, 0.1) is 0 Å². The van der Waals surface area contributed by atoms with E-state index in [2.05, 4.69) is 20.8 Å². The third-order valence-electron chi connectivity index (χ3n) is 6.39. The van der Waals surface area contributed by atoms with Gasteiger partial charge in [0, 0.05) is 30.7 Å². The second-order valence-corrected chi connectivity index (χ2v) is 9.44. The zero-order valence-electron chi connectivity index (χ0n) is 19.1. The first-order valence-corrected chi connectivity index (χ1v) is 12.5. The molecular weight excluding hydrogens is 500 g/mol. The van der Waals surface area contributed by atoms with Gasteiger partial charge in [0.1, 0.15) is 11.3 Å². The van der Waals surface area contributed by atoms with Gasteiger partial charge in [-0.3, -0.25) is 14.5 Å². The number of carbonyl (C=O) groups is 1. The van der Waals surface area contributed by atoms with Crippen LogP contribution in [0.1, 0.15) is 41.1 Å². The first-order valence-electron chi connectivity index (χ1n) is 11.7. The summed E-state index contributed by atoms with van der Waals surface area (Å²) in [5.74, 6) is 0.603. The van der Waals surface area contributed by atoms with Crippen molar-refractivity contribution in [3.05, 3.63) is 74.0 Å². The molecule has 1 fully saturated rings. The molecule has 1 saturated heterocycles. The number of fused-ring (bicyclic) bond motifs is 2. The maximum Gasteiger partial charge on any atom is 0.290 e. The van der Waals surface area contributed by atoms with Gasteiger partial charge in [0.25, 0.3) is 5.91 Å². The normalized spacial score (nSPS) is 18.5. The molecule has 1 atom stereocenters. The van der Waals surface area contributed by atoms with Crippen molar-refractivity contribution in [3.63, 3.8) is 0 Å². The van der Waals surface area contributed by atoms with Crippen LogP contribution in [0.5, 0.6) is 5.75 Å². The third-order valence-corrected chi connectivity index (χ3v) is 6.88. The standard InChI is InChI=1S/C26H27BrN2O5/c1-2-33-19-6-3-5-17(15-19)23-22-24(30)20-16-18(27)7-8-21(20)34-25(22)26(31)29(23)10-4-9-28-11-13-32-14-12-28/h3,5-8,15-16,23H,2,4,9-14H2,1H3. The fraction of sp³-hybridized carbons (Fsp3) is 0.385. The van der Waals surface area contributed by atoms with E-state index in [-0.39, 0.29) is 17.1 Å². The highest BCUT2D eigenvalue weighted by Crippen LogP contribution is 2.39. The van der Waals surface area contributed by atoms with E-state index < -0.39 is 6.04 Å². The fourth-order valence-electron chi connectivity index (χ4n) is 4.80. The summed E-state index contributed by atoms with van der Waals surface area (Å²) in [5, 5.41) is 0.460.